The van der Waals surface area contributed by atoms with Crippen LogP contribution in [0.15, 0.2) is 42.6 Å². The molecule has 0 radical (unpaired) electrons. The highest BCUT2D eigenvalue weighted by Crippen LogP contribution is 2.12. The SMILES string of the molecule is Nc1cc(C(=O)Nc2ccc(CCO)cc2)ccn1. The smallest absolute Gasteiger partial charge is 0.255 e. The molecular weight excluding hydrogens is 242 g/mol. The first-order valence-electron chi connectivity index (χ1n) is 5.92. The van der Waals surface area contributed by atoms with Gasteiger partial charge in [-0.3, -0.25) is 4.79 Å². The fraction of sp³-hybridized carbons (Fsp3) is 0.143. The van der Waals surface area contributed by atoms with Gasteiger partial charge in [0, 0.05) is 24.1 Å². The molecule has 1 amide bonds. The molecule has 0 saturated heterocycles. The number of carbonyl (C=O) groups excluding carboxylic acids is 1. The highest BCUT2D eigenvalue weighted by Gasteiger charge is 2.06. The predicted molar refractivity (Wildman–Crippen MR) is 73.8 cm³/mol. The van der Waals surface area contributed by atoms with Gasteiger partial charge in [-0.1, -0.05) is 12.1 Å². The monoisotopic (exact) mass is 257 g/mol. The van der Waals surface area contributed by atoms with Gasteiger partial charge in [0.15, 0.2) is 0 Å². The van der Waals surface area contributed by atoms with E-state index in [0.29, 0.717) is 23.5 Å². The van der Waals surface area contributed by atoms with E-state index in [9.17, 15) is 4.79 Å². The molecule has 0 atom stereocenters. The molecule has 5 heteroatoms. The second-order valence-corrected chi connectivity index (χ2v) is 4.09. The first-order chi connectivity index (χ1) is 9.19. The summed E-state index contributed by atoms with van der Waals surface area (Å²) < 4.78 is 0. The molecule has 1 heterocycles. The van der Waals surface area contributed by atoms with Gasteiger partial charge in [-0.2, -0.15) is 0 Å². The number of benzene rings is 1. The molecule has 0 aliphatic heterocycles. The zero-order chi connectivity index (χ0) is 13.7. The summed E-state index contributed by atoms with van der Waals surface area (Å²) in [6, 6.07) is 10.5. The maximum Gasteiger partial charge on any atom is 0.255 e. The van der Waals surface area contributed by atoms with Crippen LogP contribution in [-0.2, 0) is 6.42 Å². The van der Waals surface area contributed by atoms with E-state index in [4.69, 9.17) is 10.8 Å². The number of aliphatic hydroxyl groups is 1. The Hall–Kier alpha value is -2.40. The number of hydrogen-bond donors (Lipinski definition) is 3. The Kier molecular flexibility index (Phi) is 4.10. The Bertz CT molecular complexity index is 567. The van der Waals surface area contributed by atoms with E-state index in [1.165, 1.54) is 12.3 Å². The van der Waals surface area contributed by atoms with Crippen molar-refractivity contribution in [3.63, 3.8) is 0 Å². The number of pyridine rings is 1. The number of aromatic nitrogens is 1. The zero-order valence-electron chi connectivity index (χ0n) is 10.3. The van der Waals surface area contributed by atoms with Crippen LogP contribution in [0, 0.1) is 0 Å². The van der Waals surface area contributed by atoms with E-state index in [0.717, 1.165) is 5.56 Å². The molecule has 0 saturated carbocycles. The number of nitrogens with two attached hydrogens (primary N) is 1. The largest absolute Gasteiger partial charge is 0.396 e. The molecule has 19 heavy (non-hydrogen) atoms. The highest BCUT2D eigenvalue weighted by molar-refractivity contribution is 6.04. The average molecular weight is 257 g/mol. The Labute approximate surface area is 111 Å². The third kappa shape index (κ3) is 3.53. The van der Waals surface area contributed by atoms with Crippen molar-refractivity contribution >= 4 is 17.4 Å². The lowest BCUT2D eigenvalue weighted by atomic mass is 10.1. The Balaban J connectivity index is 2.06. The van der Waals surface area contributed by atoms with Crippen molar-refractivity contribution in [3.05, 3.63) is 53.7 Å². The standard InChI is InChI=1S/C14H15N3O2/c15-13-9-11(5-7-16-13)14(19)17-12-3-1-10(2-4-12)6-8-18/h1-5,7,9,18H,6,8H2,(H2,15,16)(H,17,19). The summed E-state index contributed by atoms with van der Waals surface area (Å²) in [6.07, 6.45) is 2.10. The second kappa shape index (κ2) is 5.97. The Morgan fingerprint density at radius 1 is 1.26 bits per heavy atom. The summed E-state index contributed by atoms with van der Waals surface area (Å²) >= 11 is 0. The van der Waals surface area contributed by atoms with Gasteiger partial charge in [0.25, 0.3) is 5.91 Å². The summed E-state index contributed by atoms with van der Waals surface area (Å²) in [6.45, 7) is 0.113. The van der Waals surface area contributed by atoms with Crippen molar-refractivity contribution in [2.45, 2.75) is 6.42 Å². The van der Waals surface area contributed by atoms with Gasteiger partial charge in [0.1, 0.15) is 5.82 Å². The van der Waals surface area contributed by atoms with Crippen molar-refractivity contribution in [2.75, 3.05) is 17.7 Å². The quantitative estimate of drug-likeness (QED) is 0.773. The van der Waals surface area contributed by atoms with E-state index in [-0.39, 0.29) is 12.5 Å². The summed E-state index contributed by atoms with van der Waals surface area (Å²) in [5, 5.41) is 11.6. The van der Waals surface area contributed by atoms with E-state index in [1.807, 2.05) is 12.1 Å². The van der Waals surface area contributed by atoms with Gasteiger partial charge < -0.3 is 16.2 Å². The number of anilines is 2. The summed E-state index contributed by atoms with van der Waals surface area (Å²) in [4.78, 5) is 15.8. The Morgan fingerprint density at radius 3 is 2.63 bits per heavy atom. The van der Waals surface area contributed by atoms with Crippen molar-refractivity contribution in [3.8, 4) is 0 Å². The van der Waals surface area contributed by atoms with Crippen LogP contribution in [0.25, 0.3) is 0 Å². The molecule has 98 valence electrons. The van der Waals surface area contributed by atoms with Crippen LogP contribution < -0.4 is 11.1 Å². The lowest BCUT2D eigenvalue weighted by Gasteiger charge is -2.06. The minimum absolute atomic E-state index is 0.113. The minimum Gasteiger partial charge on any atom is -0.396 e. The van der Waals surface area contributed by atoms with E-state index >= 15 is 0 Å². The molecule has 2 rings (SSSR count). The maximum atomic E-state index is 11.9. The van der Waals surface area contributed by atoms with Gasteiger partial charge in [0.05, 0.1) is 0 Å². The Morgan fingerprint density at radius 2 is 2.00 bits per heavy atom. The molecule has 0 aliphatic rings. The van der Waals surface area contributed by atoms with E-state index in [2.05, 4.69) is 10.3 Å². The fourth-order valence-electron chi connectivity index (χ4n) is 1.68. The molecule has 5 nitrogen and oxygen atoms in total. The van der Waals surface area contributed by atoms with Gasteiger partial charge in [0.2, 0.25) is 0 Å². The van der Waals surface area contributed by atoms with Gasteiger partial charge in [-0.05, 0) is 36.2 Å². The van der Waals surface area contributed by atoms with Crippen molar-refractivity contribution < 1.29 is 9.90 Å². The van der Waals surface area contributed by atoms with Crippen LogP contribution in [0.2, 0.25) is 0 Å². The third-order valence-electron chi connectivity index (χ3n) is 2.66. The number of hydrogen-bond acceptors (Lipinski definition) is 4. The summed E-state index contributed by atoms with van der Waals surface area (Å²) in [7, 11) is 0. The predicted octanol–water partition coefficient (Wildman–Crippen LogP) is 1.45. The molecular formula is C14H15N3O2. The van der Waals surface area contributed by atoms with Crippen LogP contribution in [0.4, 0.5) is 11.5 Å². The van der Waals surface area contributed by atoms with Crippen LogP contribution in [0.5, 0.6) is 0 Å². The fourth-order valence-corrected chi connectivity index (χ4v) is 1.68. The summed E-state index contributed by atoms with van der Waals surface area (Å²) in [5.41, 5.74) is 7.71. The van der Waals surface area contributed by atoms with Gasteiger partial charge >= 0.3 is 0 Å². The molecule has 0 aliphatic carbocycles. The molecule has 2 aromatic rings. The number of nitrogen functional groups attached to an aromatic ring is 1. The van der Waals surface area contributed by atoms with Gasteiger partial charge in [-0.25, -0.2) is 4.98 Å². The normalized spacial score (nSPS) is 10.2. The summed E-state index contributed by atoms with van der Waals surface area (Å²) in [5.74, 6) is 0.0787. The molecule has 4 N–H and O–H groups in total. The second-order valence-electron chi connectivity index (χ2n) is 4.09. The van der Waals surface area contributed by atoms with Crippen molar-refractivity contribution in [2.24, 2.45) is 0 Å². The first kappa shape index (κ1) is 13.0. The van der Waals surface area contributed by atoms with E-state index in [1.54, 1.807) is 18.2 Å². The number of carbonyl (C=O) groups is 1. The lowest BCUT2D eigenvalue weighted by Crippen LogP contribution is -2.12. The van der Waals surface area contributed by atoms with Crippen LogP contribution in [0.3, 0.4) is 0 Å². The van der Waals surface area contributed by atoms with Crippen molar-refractivity contribution in [1.82, 2.24) is 4.98 Å². The minimum atomic E-state index is -0.232. The van der Waals surface area contributed by atoms with Crippen LogP contribution in [-0.4, -0.2) is 22.6 Å². The molecule has 0 spiro atoms. The third-order valence-corrected chi connectivity index (χ3v) is 2.66. The molecule has 1 aromatic heterocycles. The number of rotatable bonds is 4. The molecule has 0 bridgehead atoms. The molecule has 0 unspecified atom stereocenters. The number of nitrogens with one attached hydrogen (secondary N) is 1. The zero-order valence-corrected chi connectivity index (χ0v) is 10.3. The topological polar surface area (TPSA) is 88.2 Å². The lowest BCUT2D eigenvalue weighted by molar-refractivity contribution is 0.102. The van der Waals surface area contributed by atoms with E-state index < -0.39 is 0 Å². The highest BCUT2D eigenvalue weighted by atomic mass is 16.2. The van der Waals surface area contributed by atoms with Crippen LogP contribution in [0.1, 0.15) is 15.9 Å². The van der Waals surface area contributed by atoms with Crippen molar-refractivity contribution in [1.29, 1.82) is 0 Å². The van der Waals surface area contributed by atoms with Gasteiger partial charge in [-0.15, -0.1) is 0 Å². The first-order valence-corrected chi connectivity index (χ1v) is 5.92. The van der Waals surface area contributed by atoms with Crippen LogP contribution >= 0.6 is 0 Å². The average Bonchev–Trinajstić information content (AvgIpc) is 2.41. The number of amides is 1. The number of nitrogens with zero attached hydrogens (tertiary/aromatic N) is 1. The number of aliphatic hydroxyl groups excluding tert-OH is 1. The molecule has 1 aromatic carbocycles. The maximum absolute atomic E-state index is 11.9. The molecule has 0 fully saturated rings.